The molecule has 3 aliphatic rings. The lowest BCUT2D eigenvalue weighted by molar-refractivity contribution is -0.136. The van der Waals surface area contributed by atoms with Crippen LogP contribution in [0, 0.1) is 11.3 Å². The van der Waals surface area contributed by atoms with E-state index in [9.17, 15) is 4.79 Å². The Hall–Kier alpha value is -1.46. The lowest BCUT2D eigenvalue weighted by Crippen LogP contribution is -2.54. The van der Waals surface area contributed by atoms with Crippen LogP contribution in [0.15, 0.2) is 12.1 Å². The van der Waals surface area contributed by atoms with E-state index in [1.165, 1.54) is 5.56 Å². The van der Waals surface area contributed by atoms with Gasteiger partial charge < -0.3 is 20.1 Å². The number of likely N-dealkylation sites (tertiary alicyclic amines) is 1. The molecule has 1 saturated heterocycles. The number of hydrogen-bond acceptors (Lipinski definition) is 4. The van der Waals surface area contributed by atoms with E-state index in [1.54, 1.807) is 0 Å². The van der Waals surface area contributed by atoms with Crippen LogP contribution in [0.25, 0.3) is 0 Å². The first-order valence-corrected chi connectivity index (χ1v) is 10.3. The summed E-state index contributed by atoms with van der Waals surface area (Å²) >= 11 is 0. The summed E-state index contributed by atoms with van der Waals surface area (Å²) in [5.41, 5.74) is 8.56. The Morgan fingerprint density at radius 1 is 1.39 bits per heavy atom. The number of nitrogens with zero attached hydrogens (tertiary/aromatic N) is 1. The van der Waals surface area contributed by atoms with Gasteiger partial charge in [-0.3, -0.25) is 4.79 Å². The smallest absolute Gasteiger partial charge is 0.226 e. The highest BCUT2D eigenvalue weighted by atomic mass is 35.5. The average molecular weight is 409 g/mol. The fourth-order valence-electron chi connectivity index (χ4n) is 4.63. The molecule has 2 aliphatic heterocycles. The van der Waals surface area contributed by atoms with Crippen molar-refractivity contribution in [2.24, 2.45) is 17.1 Å². The molecule has 5 nitrogen and oxygen atoms in total. The first-order chi connectivity index (χ1) is 12.8. The summed E-state index contributed by atoms with van der Waals surface area (Å²) in [6, 6.07) is 4.41. The van der Waals surface area contributed by atoms with Gasteiger partial charge in [0.05, 0.1) is 6.61 Å². The monoisotopic (exact) mass is 408 g/mol. The standard InChI is InChI=1S/C22H32N2O3.ClH/c1-5-26-19-9-14-8-13(2)27-18(14)11-16(19)15-10-17(15)21(25)24-7-6-20(23)22(3,4)12-24;/h9,11,13,15,17,20H,5-8,10,12,23H2,1-4H3;1H. The number of ether oxygens (including phenoxy) is 2. The molecule has 1 aromatic carbocycles. The molecule has 2 heterocycles. The number of benzene rings is 1. The van der Waals surface area contributed by atoms with Gasteiger partial charge in [-0.25, -0.2) is 0 Å². The van der Waals surface area contributed by atoms with Crippen molar-refractivity contribution < 1.29 is 14.3 Å². The molecule has 28 heavy (non-hydrogen) atoms. The Balaban J connectivity index is 0.00000225. The predicted molar refractivity (Wildman–Crippen MR) is 112 cm³/mol. The molecule has 4 unspecified atom stereocenters. The molecular formula is C22H33ClN2O3. The minimum Gasteiger partial charge on any atom is -0.494 e. The number of piperidine rings is 1. The maximum atomic E-state index is 13.1. The van der Waals surface area contributed by atoms with E-state index in [1.807, 2.05) is 11.8 Å². The zero-order valence-electron chi connectivity index (χ0n) is 17.4. The largest absolute Gasteiger partial charge is 0.494 e. The second kappa shape index (κ2) is 7.75. The molecule has 4 rings (SSSR count). The van der Waals surface area contributed by atoms with Crippen LogP contribution in [0.4, 0.5) is 0 Å². The molecule has 0 bridgehead atoms. The van der Waals surface area contributed by atoms with Crippen molar-refractivity contribution in [2.45, 2.75) is 65.0 Å². The lowest BCUT2D eigenvalue weighted by atomic mass is 9.79. The van der Waals surface area contributed by atoms with E-state index in [-0.39, 0.29) is 47.7 Å². The Morgan fingerprint density at radius 2 is 2.14 bits per heavy atom. The highest BCUT2D eigenvalue weighted by Crippen LogP contribution is 2.53. The normalized spacial score (nSPS) is 30.1. The molecule has 0 radical (unpaired) electrons. The van der Waals surface area contributed by atoms with Gasteiger partial charge in [0.15, 0.2) is 0 Å². The van der Waals surface area contributed by atoms with E-state index >= 15 is 0 Å². The van der Waals surface area contributed by atoms with Crippen LogP contribution < -0.4 is 15.2 Å². The molecule has 1 amide bonds. The highest BCUT2D eigenvalue weighted by Gasteiger charge is 2.49. The lowest BCUT2D eigenvalue weighted by Gasteiger charge is -2.42. The van der Waals surface area contributed by atoms with Gasteiger partial charge in [0, 0.05) is 48.5 Å². The Kier molecular flexibility index (Phi) is 5.88. The second-order valence-electron chi connectivity index (χ2n) is 9.16. The Morgan fingerprint density at radius 3 is 2.82 bits per heavy atom. The molecule has 2 fully saturated rings. The van der Waals surface area contributed by atoms with Gasteiger partial charge in [-0.05, 0) is 44.2 Å². The zero-order valence-corrected chi connectivity index (χ0v) is 18.2. The summed E-state index contributed by atoms with van der Waals surface area (Å²) in [6.07, 6.45) is 2.91. The predicted octanol–water partition coefficient (Wildman–Crippen LogP) is 3.52. The first-order valence-electron chi connectivity index (χ1n) is 10.3. The number of rotatable bonds is 4. The van der Waals surface area contributed by atoms with Crippen molar-refractivity contribution in [1.82, 2.24) is 4.90 Å². The molecule has 6 heteroatoms. The SMILES string of the molecule is CCOc1cc2c(cc1C1CC1C(=O)N1CCC(N)C(C)(C)C1)OC(C)C2.Cl. The van der Waals surface area contributed by atoms with E-state index in [0.717, 1.165) is 49.4 Å². The number of halogens is 1. The van der Waals surface area contributed by atoms with E-state index in [2.05, 4.69) is 32.9 Å². The van der Waals surface area contributed by atoms with Gasteiger partial charge in [0.2, 0.25) is 5.91 Å². The van der Waals surface area contributed by atoms with Crippen LogP contribution in [0.5, 0.6) is 11.5 Å². The van der Waals surface area contributed by atoms with Gasteiger partial charge in [-0.2, -0.15) is 0 Å². The molecule has 1 aliphatic carbocycles. The van der Waals surface area contributed by atoms with Crippen molar-refractivity contribution >= 4 is 18.3 Å². The topological polar surface area (TPSA) is 64.8 Å². The summed E-state index contributed by atoms with van der Waals surface area (Å²) in [5.74, 6) is 2.46. The van der Waals surface area contributed by atoms with Crippen LogP contribution in [0.3, 0.4) is 0 Å². The van der Waals surface area contributed by atoms with Gasteiger partial charge in [-0.1, -0.05) is 13.8 Å². The summed E-state index contributed by atoms with van der Waals surface area (Å²) in [4.78, 5) is 15.1. The number of nitrogens with two attached hydrogens (primary N) is 1. The van der Waals surface area contributed by atoms with Gasteiger partial charge in [0.25, 0.3) is 0 Å². The fourth-order valence-corrected chi connectivity index (χ4v) is 4.63. The Labute approximate surface area is 174 Å². The zero-order chi connectivity index (χ0) is 19.3. The van der Waals surface area contributed by atoms with Gasteiger partial charge in [0.1, 0.15) is 17.6 Å². The quantitative estimate of drug-likeness (QED) is 0.827. The minimum absolute atomic E-state index is 0. The fraction of sp³-hybridized carbons (Fsp3) is 0.682. The third-order valence-electron chi connectivity index (χ3n) is 6.46. The molecule has 1 aromatic rings. The summed E-state index contributed by atoms with van der Waals surface area (Å²) in [6.45, 7) is 10.6. The minimum atomic E-state index is -0.0215. The molecule has 0 aromatic heterocycles. The number of carbonyl (C=O) groups excluding carboxylic acids is 1. The van der Waals surface area contributed by atoms with Crippen molar-refractivity contribution in [3.8, 4) is 11.5 Å². The summed E-state index contributed by atoms with van der Waals surface area (Å²) < 4.78 is 11.9. The van der Waals surface area contributed by atoms with Crippen LogP contribution in [-0.2, 0) is 11.2 Å². The first kappa shape index (κ1) is 21.3. The van der Waals surface area contributed by atoms with Crippen molar-refractivity contribution in [1.29, 1.82) is 0 Å². The number of hydrogen-bond donors (Lipinski definition) is 1. The van der Waals surface area contributed by atoms with E-state index in [4.69, 9.17) is 15.2 Å². The molecule has 0 spiro atoms. The van der Waals surface area contributed by atoms with Crippen molar-refractivity contribution in [3.63, 3.8) is 0 Å². The van der Waals surface area contributed by atoms with Gasteiger partial charge in [-0.15, -0.1) is 12.4 Å². The van der Waals surface area contributed by atoms with Crippen LogP contribution >= 0.6 is 12.4 Å². The summed E-state index contributed by atoms with van der Waals surface area (Å²) in [7, 11) is 0. The van der Waals surface area contributed by atoms with Crippen LogP contribution in [0.2, 0.25) is 0 Å². The maximum absolute atomic E-state index is 13.1. The van der Waals surface area contributed by atoms with Crippen molar-refractivity contribution in [3.05, 3.63) is 23.3 Å². The molecule has 1 saturated carbocycles. The summed E-state index contributed by atoms with van der Waals surface area (Å²) in [5, 5.41) is 0. The third-order valence-corrected chi connectivity index (χ3v) is 6.46. The van der Waals surface area contributed by atoms with E-state index < -0.39 is 0 Å². The third kappa shape index (κ3) is 3.84. The van der Waals surface area contributed by atoms with Crippen LogP contribution in [0.1, 0.15) is 57.6 Å². The average Bonchev–Trinajstić information content (AvgIpc) is 3.31. The maximum Gasteiger partial charge on any atom is 0.226 e. The van der Waals surface area contributed by atoms with Gasteiger partial charge >= 0.3 is 0 Å². The number of fused-ring (bicyclic) bond motifs is 1. The number of carbonyl (C=O) groups is 1. The number of amides is 1. The molecule has 2 N–H and O–H groups in total. The molecular weight excluding hydrogens is 376 g/mol. The van der Waals surface area contributed by atoms with Crippen molar-refractivity contribution in [2.75, 3.05) is 19.7 Å². The van der Waals surface area contributed by atoms with E-state index in [0.29, 0.717) is 6.61 Å². The highest BCUT2D eigenvalue weighted by molar-refractivity contribution is 5.85. The molecule has 4 atom stereocenters. The Bertz CT molecular complexity index is 752. The second-order valence-corrected chi connectivity index (χ2v) is 9.16. The molecule has 156 valence electrons. The van der Waals surface area contributed by atoms with Crippen LogP contribution in [-0.4, -0.2) is 42.6 Å².